The molecule has 1 saturated carbocycles. The van der Waals surface area contributed by atoms with E-state index in [9.17, 15) is 8.42 Å². The number of hydrogen-bond donors (Lipinski definition) is 1. The van der Waals surface area contributed by atoms with Gasteiger partial charge in [-0.1, -0.05) is 11.6 Å². The lowest BCUT2D eigenvalue weighted by Gasteiger charge is -2.27. The Morgan fingerprint density at radius 2 is 2.05 bits per heavy atom. The Kier molecular flexibility index (Phi) is 5.43. The van der Waals surface area contributed by atoms with Gasteiger partial charge in [0.1, 0.15) is 9.92 Å². The van der Waals surface area contributed by atoms with Crippen LogP contribution in [0.25, 0.3) is 0 Å². The molecular weight excluding hydrogens is 316 g/mol. The van der Waals surface area contributed by atoms with E-state index in [-0.39, 0.29) is 15.8 Å². The molecule has 1 aromatic heterocycles. The summed E-state index contributed by atoms with van der Waals surface area (Å²) in [6, 6.07) is 1.25. The summed E-state index contributed by atoms with van der Waals surface area (Å²) in [6.45, 7) is 0.512. The molecule has 0 amide bonds. The number of nitrogens with two attached hydrogens (primary N) is 1. The Morgan fingerprint density at radius 1 is 1.38 bits per heavy atom. The first-order chi connectivity index (χ1) is 9.90. The van der Waals surface area contributed by atoms with Crippen LogP contribution in [0.2, 0.25) is 5.02 Å². The maximum Gasteiger partial charge on any atom is 0.239 e. The molecule has 0 unspecified atom stereocenters. The van der Waals surface area contributed by atoms with E-state index in [0.717, 1.165) is 31.9 Å². The topological polar surface area (TPSA) is 91.5 Å². The van der Waals surface area contributed by atoms with Gasteiger partial charge in [0.15, 0.2) is 0 Å². The van der Waals surface area contributed by atoms with E-state index >= 15 is 0 Å². The monoisotopic (exact) mass is 334 g/mol. The number of ether oxygens (including phenoxy) is 2. The summed E-state index contributed by atoms with van der Waals surface area (Å²) < 4.78 is 33.3. The van der Waals surface area contributed by atoms with Crippen LogP contribution in [0.15, 0.2) is 17.2 Å². The van der Waals surface area contributed by atoms with Gasteiger partial charge >= 0.3 is 0 Å². The van der Waals surface area contributed by atoms with E-state index in [1.807, 2.05) is 0 Å². The summed E-state index contributed by atoms with van der Waals surface area (Å²) in [5.74, 6) is 0.671. The molecule has 118 valence electrons. The summed E-state index contributed by atoms with van der Waals surface area (Å²) >= 11 is 5.97. The first kappa shape index (κ1) is 16.5. The second-order valence-electron chi connectivity index (χ2n) is 5.19. The molecule has 6 nitrogen and oxygen atoms in total. The average Bonchev–Trinajstić information content (AvgIpc) is 2.45. The zero-order valence-electron chi connectivity index (χ0n) is 11.8. The van der Waals surface area contributed by atoms with Crippen molar-refractivity contribution < 1.29 is 17.9 Å². The van der Waals surface area contributed by atoms with Crippen molar-refractivity contribution >= 4 is 21.6 Å². The van der Waals surface area contributed by atoms with Crippen molar-refractivity contribution in [3.63, 3.8) is 0 Å². The number of methoxy groups -OCH3 is 1. The second-order valence-corrected chi connectivity index (χ2v) is 7.16. The summed E-state index contributed by atoms with van der Waals surface area (Å²) in [7, 11) is -2.07. The number of primary sulfonamides is 1. The summed E-state index contributed by atoms with van der Waals surface area (Å²) in [6.07, 6.45) is 5.61. The van der Waals surface area contributed by atoms with Gasteiger partial charge in [0, 0.05) is 7.11 Å². The first-order valence-corrected chi connectivity index (χ1v) is 8.66. The molecule has 0 saturated heterocycles. The maximum absolute atomic E-state index is 11.2. The van der Waals surface area contributed by atoms with Crippen LogP contribution in [0, 0.1) is 5.92 Å². The number of nitrogens with zero attached hydrogens (tertiary/aromatic N) is 1. The molecule has 2 N–H and O–H groups in total. The van der Waals surface area contributed by atoms with Crippen molar-refractivity contribution in [3.8, 4) is 5.88 Å². The van der Waals surface area contributed by atoms with Gasteiger partial charge in [-0.3, -0.25) is 0 Å². The van der Waals surface area contributed by atoms with Gasteiger partial charge < -0.3 is 9.47 Å². The van der Waals surface area contributed by atoms with E-state index in [4.69, 9.17) is 26.2 Å². The van der Waals surface area contributed by atoms with E-state index < -0.39 is 10.0 Å². The highest BCUT2D eigenvalue weighted by Crippen LogP contribution is 2.28. The van der Waals surface area contributed by atoms with Crippen LogP contribution in [0.5, 0.6) is 5.88 Å². The summed E-state index contributed by atoms with van der Waals surface area (Å²) in [5.41, 5.74) is 0. The van der Waals surface area contributed by atoms with Gasteiger partial charge in [0.2, 0.25) is 15.9 Å². The van der Waals surface area contributed by atoms with Crippen LogP contribution in [-0.2, 0) is 14.8 Å². The molecule has 1 aliphatic carbocycles. The van der Waals surface area contributed by atoms with Crippen LogP contribution in [0.4, 0.5) is 0 Å². The highest BCUT2D eigenvalue weighted by molar-refractivity contribution is 7.89. The number of pyridine rings is 1. The number of sulfonamides is 1. The zero-order valence-corrected chi connectivity index (χ0v) is 13.4. The molecular formula is C13H19ClN2O4S. The molecule has 0 atom stereocenters. The van der Waals surface area contributed by atoms with Gasteiger partial charge in [0.05, 0.1) is 18.9 Å². The Hall–Kier alpha value is -0.890. The van der Waals surface area contributed by atoms with E-state index in [1.165, 1.54) is 6.07 Å². The Balaban J connectivity index is 1.92. The zero-order chi connectivity index (χ0) is 15.5. The number of halogens is 1. The van der Waals surface area contributed by atoms with Crippen molar-refractivity contribution in [2.45, 2.75) is 36.7 Å². The fourth-order valence-corrected chi connectivity index (χ4v) is 3.17. The van der Waals surface area contributed by atoms with Crippen molar-refractivity contribution in [2.75, 3.05) is 13.7 Å². The lowest BCUT2D eigenvalue weighted by Crippen LogP contribution is -2.24. The predicted molar refractivity (Wildman–Crippen MR) is 78.9 cm³/mol. The van der Waals surface area contributed by atoms with E-state index in [1.54, 1.807) is 7.11 Å². The molecule has 1 fully saturated rings. The van der Waals surface area contributed by atoms with Gasteiger partial charge in [-0.25, -0.2) is 18.5 Å². The standard InChI is InChI=1S/C13H19ClN2O4S/c1-19-10-4-2-9(3-5-10)8-20-13-12(14)6-11(7-16-13)21(15,17)18/h6-7,9-10H,2-5,8H2,1H3,(H2,15,17,18). The molecule has 0 aromatic carbocycles. The SMILES string of the molecule is COC1CCC(COc2ncc(S(N)(=O)=O)cc2Cl)CC1. The molecule has 0 radical (unpaired) electrons. The molecule has 21 heavy (non-hydrogen) atoms. The van der Waals surface area contributed by atoms with Crippen LogP contribution in [0.1, 0.15) is 25.7 Å². The summed E-state index contributed by atoms with van der Waals surface area (Å²) in [4.78, 5) is 3.80. The van der Waals surface area contributed by atoms with Gasteiger partial charge in [-0.05, 0) is 37.7 Å². The number of aromatic nitrogens is 1. The fourth-order valence-electron chi connectivity index (χ4n) is 2.40. The average molecular weight is 335 g/mol. The van der Waals surface area contributed by atoms with Crippen LogP contribution in [0.3, 0.4) is 0 Å². The third-order valence-corrected chi connectivity index (χ3v) is 4.84. The van der Waals surface area contributed by atoms with Crippen LogP contribution >= 0.6 is 11.6 Å². The molecule has 1 aliphatic rings. The molecule has 0 aliphatic heterocycles. The Morgan fingerprint density at radius 3 is 2.57 bits per heavy atom. The second kappa shape index (κ2) is 6.91. The third kappa shape index (κ3) is 4.54. The molecule has 8 heteroatoms. The van der Waals surface area contributed by atoms with Gasteiger partial charge in [0.25, 0.3) is 0 Å². The largest absolute Gasteiger partial charge is 0.476 e. The minimum Gasteiger partial charge on any atom is -0.476 e. The quantitative estimate of drug-likeness (QED) is 0.888. The lowest BCUT2D eigenvalue weighted by atomic mass is 9.88. The number of hydrogen-bond acceptors (Lipinski definition) is 5. The Labute approximate surface area is 129 Å². The normalized spacial score (nSPS) is 23.0. The first-order valence-electron chi connectivity index (χ1n) is 6.74. The highest BCUT2D eigenvalue weighted by Gasteiger charge is 2.22. The smallest absolute Gasteiger partial charge is 0.239 e. The lowest BCUT2D eigenvalue weighted by molar-refractivity contribution is 0.0478. The van der Waals surface area contributed by atoms with Crippen molar-refractivity contribution in [1.29, 1.82) is 0 Å². The Bertz CT molecular complexity index is 586. The third-order valence-electron chi connectivity index (χ3n) is 3.69. The molecule has 2 rings (SSSR count). The van der Waals surface area contributed by atoms with Crippen molar-refractivity contribution in [1.82, 2.24) is 4.98 Å². The van der Waals surface area contributed by atoms with Gasteiger partial charge in [-0.2, -0.15) is 0 Å². The van der Waals surface area contributed by atoms with Crippen LogP contribution < -0.4 is 9.88 Å². The highest BCUT2D eigenvalue weighted by atomic mass is 35.5. The van der Waals surface area contributed by atoms with Gasteiger partial charge in [-0.15, -0.1) is 0 Å². The molecule has 1 heterocycles. The fraction of sp³-hybridized carbons (Fsp3) is 0.615. The van der Waals surface area contributed by atoms with Crippen molar-refractivity contribution in [3.05, 3.63) is 17.3 Å². The number of rotatable bonds is 5. The predicted octanol–water partition coefficient (Wildman–Crippen LogP) is 1.97. The minimum atomic E-state index is -3.80. The molecule has 1 aromatic rings. The minimum absolute atomic E-state index is 0.125. The summed E-state index contributed by atoms with van der Waals surface area (Å²) in [5, 5.41) is 5.16. The van der Waals surface area contributed by atoms with E-state index in [2.05, 4.69) is 4.98 Å². The van der Waals surface area contributed by atoms with Crippen LogP contribution in [-0.4, -0.2) is 33.2 Å². The maximum atomic E-state index is 11.2. The molecule has 0 bridgehead atoms. The molecule has 0 spiro atoms. The van der Waals surface area contributed by atoms with E-state index in [0.29, 0.717) is 18.6 Å². The van der Waals surface area contributed by atoms with Crippen molar-refractivity contribution in [2.24, 2.45) is 11.1 Å².